The third kappa shape index (κ3) is 3.44. The minimum Gasteiger partial charge on any atom is -0.376 e. The van der Waals surface area contributed by atoms with Crippen LogP contribution in [0.2, 0.25) is 0 Å². The van der Waals surface area contributed by atoms with Gasteiger partial charge in [-0.05, 0) is 65.9 Å². The van der Waals surface area contributed by atoms with Gasteiger partial charge >= 0.3 is 0 Å². The van der Waals surface area contributed by atoms with Gasteiger partial charge in [0.05, 0.1) is 29.8 Å². The van der Waals surface area contributed by atoms with Crippen LogP contribution >= 0.6 is 22.7 Å². The molecule has 8 heteroatoms. The van der Waals surface area contributed by atoms with Crippen molar-refractivity contribution in [1.29, 1.82) is 0 Å². The van der Waals surface area contributed by atoms with Gasteiger partial charge in [0, 0.05) is 28.5 Å². The molecular formula is C25H22N2O4S2. The SMILES string of the molecule is O=C1c2ccc(C(=O)N3CCc4sccc4C3c3cccs3)cc2C(=O)N1CC1CCCO1. The zero-order chi connectivity index (χ0) is 22.5. The number of ether oxygens (including phenoxy) is 1. The van der Waals surface area contributed by atoms with Crippen LogP contribution in [0.25, 0.3) is 0 Å². The summed E-state index contributed by atoms with van der Waals surface area (Å²) in [4.78, 5) is 45.2. The minimum atomic E-state index is -0.339. The molecule has 3 aliphatic heterocycles. The summed E-state index contributed by atoms with van der Waals surface area (Å²) in [5, 5.41) is 4.11. The average molecular weight is 479 g/mol. The molecule has 1 aromatic carbocycles. The highest BCUT2D eigenvalue weighted by atomic mass is 32.1. The lowest BCUT2D eigenvalue weighted by atomic mass is 9.96. The predicted molar refractivity (Wildman–Crippen MR) is 126 cm³/mol. The third-order valence-corrected chi connectivity index (χ3v) is 8.59. The number of hydrogen-bond acceptors (Lipinski definition) is 6. The van der Waals surface area contributed by atoms with Crippen LogP contribution in [-0.2, 0) is 11.2 Å². The molecule has 0 radical (unpaired) electrons. The van der Waals surface area contributed by atoms with Gasteiger partial charge in [-0.15, -0.1) is 22.7 Å². The lowest BCUT2D eigenvalue weighted by Crippen LogP contribution is -2.39. The van der Waals surface area contributed by atoms with Crippen molar-refractivity contribution in [2.45, 2.75) is 31.4 Å². The topological polar surface area (TPSA) is 66.9 Å². The number of nitrogens with zero attached hydrogens (tertiary/aromatic N) is 2. The maximum Gasteiger partial charge on any atom is 0.261 e. The Bertz CT molecular complexity index is 1240. The van der Waals surface area contributed by atoms with Gasteiger partial charge in [0.25, 0.3) is 17.7 Å². The Morgan fingerprint density at radius 2 is 1.94 bits per heavy atom. The molecule has 0 N–H and O–H groups in total. The zero-order valence-electron chi connectivity index (χ0n) is 17.9. The van der Waals surface area contributed by atoms with Crippen molar-refractivity contribution in [2.75, 3.05) is 19.7 Å². The number of fused-ring (bicyclic) bond motifs is 2. The molecule has 1 fully saturated rings. The summed E-state index contributed by atoms with van der Waals surface area (Å²) < 4.78 is 5.62. The Kier molecular flexibility index (Phi) is 5.16. The summed E-state index contributed by atoms with van der Waals surface area (Å²) >= 11 is 3.38. The number of imide groups is 1. The van der Waals surface area contributed by atoms with Gasteiger partial charge in [-0.2, -0.15) is 0 Å². The van der Waals surface area contributed by atoms with Gasteiger partial charge in [0.15, 0.2) is 0 Å². The molecule has 0 bridgehead atoms. The lowest BCUT2D eigenvalue weighted by molar-refractivity contribution is 0.0475. The van der Waals surface area contributed by atoms with Gasteiger partial charge in [0.1, 0.15) is 0 Å². The smallest absolute Gasteiger partial charge is 0.261 e. The number of hydrogen-bond donors (Lipinski definition) is 0. The highest BCUT2D eigenvalue weighted by Crippen LogP contribution is 2.40. The van der Waals surface area contributed by atoms with Crippen molar-refractivity contribution < 1.29 is 19.1 Å². The molecule has 0 aliphatic carbocycles. The van der Waals surface area contributed by atoms with Crippen molar-refractivity contribution in [1.82, 2.24) is 9.80 Å². The molecule has 2 aromatic heterocycles. The standard InChI is InChI=1S/C25H22N2O4S2/c28-23(26-9-7-20-18(8-12-33-20)22(26)21-4-2-11-32-21)15-5-6-17-19(13-15)25(30)27(24(17)29)14-16-3-1-10-31-16/h2,4-6,8,11-13,16,22H,1,3,7,9-10,14H2. The highest BCUT2D eigenvalue weighted by molar-refractivity contribution is 7.10. The minimum absolute atomic E-state index is 0.104. The van der Waals surface area contributed by atoms with Crippen molar-refractivity contribution in [3.8, 4) is 0 Å². The second-order valence-electron chi connectivity index (χ2n) is 8.58. The second kappa shape index (κ2) is 8.20. The summed E-state index contributed by atoms with van der Waals surface area (Å²) in [6.45, 7) is 1.55. The van der Waals surface area contributed by atoms with Crippen molar-refractivity contribution in [2.24, 2.45) is 0 Å². The van der Waals surface area contributed by atoms with Crippen LogP contribution in [0, 0.1) is 0 Å². The molecule has 3 aliphatic rings. The van der Waals surface area contributed by atoms with Crippen LogP contribution in [0.4, 0.5) is 0 Å². The number of rotatable bonds is 4. The van der Waals surface area contributed by atoms with Gasteiger partial charge in [-0.3, -0.25) is 19.3 Å². The molecule has 3 aromatic rings. The fourth-order valence-corrected chi connectivity index (χ4v) is 6.79. The molecule has 3 amide bonds. The first kappa shape index (κ1) is 20.8. The fourth-order valence-electron chi connectivity index (χ4n) is 5.04. The Morgan fingerprint density at radius 1 is 1.06 bits per heavy atom. The Labute approximate surface area is 199 Å². The van der Waals surface area contributed by atoms with Crippen LogP contribution < -0.4 is 0 Å². The highest BCUT2D eigenvalue weighted by Gasteiger charge is 2.39. The summed E-state index contributed by atoms with van der Waals surface area (Å²) in [7, 11) is 0. The van der Waals surface area contributed by atoms with Crippen molar-refractivity contribution in [3.05, 3.63) is 79.2 Å². The predicted octanol–water partition coefficient (Wildman–Crippen LogP) is 4.37. The van der Waals surface area contributed by atoms with E-state index in [-0.39, 0.29) is 36.4 Å². The molecular weight excluding hydrogens is 456 g/mol. The molecule has 33 heavy (non-hydrogen) atoms. The van der Waals surface area contributed by atoms with Gasteiger partial charge in [-0.25, -0.2) is 0 Å². The van der Waals surface area contributed by atoms with E-state index in [0.29, 0.717) is 29.8 Å². The first-order chi connectivity index (χ1) is 16.1. The van der Waals surface area contributed by atoms with Crippen LogP contribution in [-0.4, -0.2) is 53.3 Å². The fraction of sp³-hybridized carbons (Fsp3) is 0.320. The third-order valence-electron chi connectivity index (χ3n) is 6.67. The molecule has 2 unspecified atom stereocenters. The average Bonchev–Trinajstić information content (AvgIpc) is 3.64. The largest absolute Gasteiger partial charge is 0.376 e. The normalized spacial score (nSPS) is 22.1. The van der Waals surface area contributed by atoms with E-state index in [0.717, 1.165) is 24.1 Å². The summed E-state index contributed by atoms with van der Waals surface area (Å²) in [5.74, 6) is -0.763. The summed E-state index contributed by atoms with van der Waals surface area (Å²) in [6, 6.07) is 10.9. The Balaban J connectivity index is 1.31. The van der Waals surface area contributed by atoms with E-state index in [1.807, 2.05) is 16.3 Å². The second-order valence-corrected chi connectivity index (χ2v) is 10.6. The quantitative estimate of drug-likeness (QED) is 0.522. The number of carbonyl (C=O) groups excluding carboxylic acids is 3. The number of thiophene rings is 2. The monoisotopic (exact) mass is 478 g/mol. The maximum atomic E-state index is 13.7. The number of benzene rings is 1. The van der Waals surface area contributed by atoms with Crippen LogP contribution in [0.1, 0.15) is 65.3 Å². The summed E-state index contributed by atoms with van der Waals surface area (Å²) in [6.07, 6.45) is 2.51. The molecule has 5 heterocycles. The Morgan fingerprint density at radius 3 is 2.73 bits per heavy atom. The van der Waals surface area contributed by atoms with Gasteiger partial charge in [-0.1, -0.05) is 6.07 Å². The first-order valence-corrected chi connectivity index (χ1v) is 12.9. The van der Waals surface area contributed by atoms with Crippen LogP contribution in [0.3, 0.4) is 0 Å². The number of carbonyl (C=O) groups is 3. The molecule has 1 saturated heterocycles. The van der Waals surface area contributed by atoms with E-state index in [1.54, 1.807) is 40.9 Å². The first-order valence-electron chi connectivity index (χ1n) is 11.1. The van der Waals surface area contributed by atoms with E-state index in [4.69, 9.17) is 4.74 Å². The molecule has 168 valence electrons. The molecule has 6 rings (SSSR count). The van der Waals surface area contributed by atoms with E-state index >= 15 is 0 Å². The maximum absolute atomic E-state index is 13.7. The molecule has 0 spiro atoms. The van der Waals surface area contributed by atoms with E-state index in [2.05, 4.69) is 17.5 Å². The van der Waals surface area contributed by atoms with E-state index in [1.165, 1.54) is 15.3 Å². The van der Waals surface area contributed by atoms with Crippen molar-refractivity contribution in [3.63, 3.8) is 0 Å². The van der Waals surface area contributed by atoms with Crippen molar-refractivity contribution >= 4 is 40.4 Å². The van der Waals surface area contributed by atoms with Crippen LogP contribution in [0.5, 0.6) is 0 Å². The Hall–Kier alpha value is -2.81. The zero-order valence-corrected chi connectivity index (χ0v) is 19.5. The van der Waals surface area contributed by atoms with Gasteiger partial charge < -0.3 is 9.64 Å². The van der Waals surface area contributed by atoms with Crippen LogP contribution in [0.15, 0.2) is 47.2 Å². The van der Waals surface area contributed by atoms with E-state index in [9.17, 15) is 14.4 Å². The van der Waals surface area contributed by atoms with Gasteiger partial charge in [0.2, 0.25) is 0 Å². The molecule has 2 atom stereocenters. The summed E-state index contributed by atoms with van der Waals surface area (Å²) in [5.41, 5.74) is 2.29. The lowest BCUT2D eigenvalue weighted by Gasteiger charge is -2.35. The molecule has 6 nitrogen and oxygen atoms in total. The molecule has 0 saturated carbocycles. The number of amides is 3. The van der Waals surface area contributed by atoms with E-state index < -0.39 is 0 Å².